The van der Waals surface area contributed by atoms with E-state index in [0.29, 0.717) is 6.54 Å². The molecule has 0 saturated carbocycles. The fourth-order valence-electron chi connectivity index (χ4n) is 3.42. The second kappa shape index (κ2) is 9.55. The van der Waals surface area contributed by atoms with E-state index in [1.54, 1.807) is 12.1 Å². The highest BCUT2D eigenvalue weighted by Crippen LogP contribution is 2.13. The predicted molar refractivity (Wildman–Crippen MR) is 108 cm³/mol. The molecule has 1 aromatic carbocycles. The maximum atomic E-state index is 12.6. The molecule has 0 spiro atoms. The summed E-state index contributed by atoms with van der Waals surface area (Å²) >= 11 is 0. The zero-order valence-electron chi connectivity index (χ0n) is 16.6. The molecule has 1 aliphatic heterocycles. The van der Waals surface area contributed by atoms with Crippen LogP contribution in [0.25, 0.3) is 0 Å². The second-order valence-electron chi connectivity index (χ2n) is 7.69. The van der Waals surface area contributed by atoms with Gasteiger partial charge in [-0.2, -0.15) is 0 Å². The molecule has 0 radical (unpaired) electrons. The van der Waals surface area contributed by atoms with Crippen LogP contribution >= 0.6 is 0 Å². The third-order valence-corrected chi connectivity index (χ3v) is 5.08. The smallest absolute Gasteiger partial charge is 0.287 e. The largest absolute Gasteiger partial charge is 0.459 e. The van der Waals surface area contributed by atoms with Crippen molar-refractivity contribution in [1.82, 2.24) is 15.5 Å². The fourth-order valence-corrected chi connectivity index (χ4v) is 3.42. The predicted octanol–water partition coefficient (Wildman–Crippen LogP) is 2.95. The van der Waals surface area contributed by atoms with Gasteiger partial charge in [-0.05, 0) is 55.1 Å². The minimum absolute atomic E-state index is 0.0400. The zero-order valence-corrected chi connectivity index (χ0v) is 16.6. The van der Waals surface area contributed by atoms with Crippen LogP contribution in [-0.4, -0.2) is 35.8 Å². The van der Waals surface area contributed by atoms with Crippen LogP contribution in [0.4, 0.5) is 0 Å². The van der Waals surface area contributed by atoms with Gasteiger partial charge < -0.3 is 15.1 Å². The van der Waals surface area contributed by atoms with E-state index in [4.69, 9.17) is 4.42 Å². The van der Waals surface area contributed by atoms with E-state index < -0.39 is 6.04 Å². The van der Waals surface area contributed by atoms with E-state index in [9.17, 15) is 9.59 Å². The summed E-state index contributed by atoms with van der Waals surface area (Å²) in [4.78, 5) is 27.3. The number of nitrogens with one attached hydrogen (secondary N) is 2. The summed E-state index contributed by atoms with van der Waals surface area (Å²) in [6.45, 7) is 7.58. The number of carbonyl (C=O) groups is 2. The molecule has 6 heteroatoms. The molecule has 1 saturated heterocycles. The molecule has 6 nitrogen and oxygen atoms in total. The van der Waals surface area contributed by atoms with Gasteiger partial charge in [-0.15, -0.1) is 0 Å². The highest BCUT2D eigenvalue weighted by molar-refractivity contribution is 5.95. The lowest BCUT2D eigenvalue weighted by atomic mass is 10.0. The topological polar surface area (TPSA) is 74.6 Å². The summed E-state index contributed by atoms with van der Waals surface area (Å²) in [6, 6.07) is 11.0. The third kappa shape index (κ3) is 5.45. The van der Waals surface area contributed by atoms with Crippen LogP contribution in [0.2, 0.25) is 0 Å². The zero-order chi connectivity index (χ0) is 19.9. The van der Waals surface area contributed by atoms with E-state index >= 15 is 0 Å². The number of furan rings is 1. The molecule has 2 amide bonds. The van der Waals surface area contributed by atoms with Gasteiger partial charge in [0, 0.05) is 13.1 Å². The number of carbonyl (C=O) groups excluding carboxylic acids is 2. The summed E-state index contributed by atoms with van der Waals surface area (Å²) in [7, 11) is 0. The number of rotatable bonds is 8. The number of hydrogen-bond acceptors (Lipinski definition) is 4. The molecule has 2 N–H and O–H groups in total. The average Bonchev–Trinajstić information content (AvgIpc) is 3.39. The van der Waals surface area contributed by atoms with Gasteiger partial charge in [-0.3, -0.25) is 14.5 Å². The van der Waals surface area contributed by atoms with Crippen LogP contribution < -0.4 is 10.6 Å². The monoisotopic (exact) mass is 383 g/mol. The number of likely N-dealkylation sites (tertiary alicyclic amines) is 1. The van der Waals surface area contributed by atoms with E-state index in [1.165, 1.54) is 37.8 Å². The van der Waals surface area contributed by atoms with Crippen LogP contribution in [-0.2, 0) is 17.9 Å². The standard InChI is InChI=1S/C22H29N3O3/c1-16(2)20(24-21(26)19-6-5-13-28-19)22(27)23-14-17-7-9-18(10-8-17)15-25-11-3-4-12-25/h5-10,13,16,20H,3-4,11-12,14-15H2,1-2H3,(H,23,27)(H,24,26)/t20-/m0/s1. The van der Waals surface area contributed by atoms with Crippen molar-refractivity contribution in [3.63, 3.8) is 0 Å². The van der Waals surface area contributed by atoms with E-state index in [0.717, 1.165) is 12.1 Å². The molecular formula is C22H29N3O3. The molecule has 1 aliphatic rings. The SMILES string of the molecule is CC(C)[C@H](NC(=O)c1ccco1)C(=O)NCc1ccc(CN2CCCC2)cc1. The first kappa shape index (κ1) is 20.1. The molecule has 0 bridgehead atoms. The molecule has 1 atom stereocenters. The van der Waals surface area contributed by atoms with Crippen molar-refractivity contribution >= 4 is 11.8 Å². The van der Waals surface area contributed by atoms with Crippen LogP contribution in [0, 0.1) is 5.92 Å². The maximum absolute atomic E-state index is 12.6. The van der Waals surface area contributed by atoms with E-state index in [1.807, 2.05) is 13.8 Å². The Balaban J connectivity index is 1.51. The van der Waals surface area contributed by atoms with Crippen LogP contribution in [0.3, 0.4) is 0 Å². The minimum Gasteiger partial charge on any atom is -0.459 e. The van der Waals surface area contributed by atoms with Crippen molar-refractivity contribution in [2.45, 2.75) is 45.8 Å². The quantitative estimate of drug-likeness (QED) is 0.735. The lowest BCUT2D eigenvalue weighted by Gasteiger charge is -2.21. The highest BCUT2D eigenvalue weighted by atomic mass is 16.3. The van der Waals surface area contributed by atoms with Crippen molar-refractivity contribution in [2.75, 3.05) is 13.1 Å². The Labute approximate surface area is 166 Å². The van der Waals surface area contributed by atoms with Crippen LogP contribution in [0.15, 0.2) is 47.1 Å². The Hall–Kier alpha value is -2.60. The molecule has 3 rings (SSSR count). The Kier molecular flexibility index (Phi) is 6.87. The van der Waals surface area contributed by atoms with Crippen LogP contribution in [0.5, 0.6) is 0 Å². The summed E-state index contributed by atoms with van der Waals surface area (Å²) < 4.78 is 5.10. The maximum Gasteiger partial charge on any atom is 0.287 e. The third-order valence-electron chi connectivity index (χ3n) is 5.08. The number of hydrogen-bond donors (Lipinski definition) is 2. The molecule has 2 aromatic rings. The molecule has 0 aliphatic carbocycles. The summed E-state index contributed by atoms with van der Waals surface area (Å²) in [5.74, 6) is -0.421. The van der Waals surface area contributed by atoms with Gasteiger partial charge in [0.15, 0.2) is 5.76 Å². The molecule has 2 heterocycles. The molecule has 1 fully saturated rings. The summed E-state index contributed by atoms with van der Waals surface area (Å²) in [5, 5.41) is 5.68. The molecule has 28 heavy (non-hydrogen) atoms. The Morgan fingerprint density at radius 1 is 1.07 bits per heavy atom. The number of nitrogens with zero attached hydrogens (tertiary/aromatic N) is 1. The van der Waals surface area contributed by atoms with Crippen molar-refractivity contribution in [3.05, 3.63) is 59.5 Å². The van der Waals surface area contributed by atoms with Gasteiger partial charge in [-0.1, -0.05) is 38.1 Å². The fraction of sp³-hybridized carbons (Fsp3) is 0.455. The highest BCUT2D eigenvalue weighted by Gasteiger charge is 2.25. The van der Waals surface area contributed by atoms with E-state index in [-0.39, 0.29) is 23.5 Å². The van der Waals surface area contributed by atoms with Gasteiger partial charge in [0.2, 0.25) is 5.91 Å². The average molecular weight is 383 g/mol. The first-order chi connectivity index (χ1) is 13.5. The van der Waals surface area contributed by atoms with Gasteiger partial charge in [0.1, 0.15) is 6.04 Å². The number of amides is 2. The summed E-state index contributed by atoms with van der Waals surface area (Å²) in [5.41, 5.74) is 2.33. The molecule has 150 valence electrons. The van der Waals surface area contributed by atoms with Crippen molar-refractivity contribution in [2.24, 2.45) is 5.92 Å². The van der Waals surface area contributed by atoms with Gasteiger partial charge in [-0.25, -0.2) is 0 Å². The lowest BCUT2D eigenvalue weighted by Crippen LogP contribution is -2.49. The van der Waals surface area contributed by atoms with E-state index in [2.05, 4.69) is 39.8 Å². The summed E-state index contributed by atoms with van der Waals surface area (Å²) in [6.07, 6.45) is 4.02. The first-order valence-corrected chi connectivity index (χ1v) is 9.95. The van der Waals surface area contributed by atoms with Crippen molar-refractivity contribution in [1.29, 1.82) is 0 Å². The normalized spacial score (nSPS) is 15.5. The van der Waals surface area contributed by atoms with Gasteiger partial charge in [0.25, 0.3) is 5.91 Å². The minimum atomic E-state index is -0.618. The lowest BCUT2D eigenvalue weighted by molar-refractivity contribution is -0.124. The molecule has 1 aromatic heterocycles. The first-order valence-electron chi connectivity index (χ1n) is 9.95. The molecular weight excluding hydrogens is 354 g/mol. The van der Waals surface area contributed by atoms with Gasteiger partial charge in [0.05, 0.1) is 6.26 Å². The Morgan fingerprint density at radius 3 is 2.36 bits per heavy atom. The van der Waals surface area contributed by atoms with Crippen LogP contribution in [0.1, 0.15) is 48.4 Å². The van der Waals surface area contributed by atoms with Gasteiger partial charge >= 0.3 is 0 Å². The Morgan fingerprint density at radius 2 is 1.75 bits per heavy atom. The number of benzene rings is 1. The Bertz CT molecular complexity index is 763. The molecule has 0 unspecified atom stereocenters. The van der Waals surface area contributed by atoms with Crippen molar-refractivity contribution in [3.8, 4) is 0 Å². The second-order valence-corrected chi connectivity index (χ2v) is 7.69. The van der Waals surface area contributed by atoms with Crippen molar-refractivity contribution < 1.29 is 14.0 Å².